The average Bonchev–Trinajstić information content (AvgIpc) is 3.08. The van der Waals surface area contributed by atoms with Crippen LogP contribution in [0.2, 0.25) is 0 Å². The van der Waals surface area contributed by atoms with E-state index in [2.05, 4.69) is 27.4 Å². The summed E-state index contributed by atoms with van der Waals surface area (Å²) in [7, 11) is 0. The van der Waals surface area contributed by atoms with Crippen LogP contribution in [0.15, 0.2) is 35.8 Å². The van der Waals surface area contributed by atoms with E-state index in [1.54, 1.807) is 11.3 Å². The summed E-state index contributed by atoms with van der Waals surface area (Å²) in [5.41, 5.74) is 1.26. The lowest BCUT2D eigenvalue weighted by Crippen LogP contribution is -2.33. The molecule has 1 N–H and O–H groups in total. The van der Waals surface area contributed by atoms with Gasteiger partial charge in [0.15, 0.2) is 0 Å². The Balaban J connectivity index is 1.60. The van der Waals surface area contributed by atoms with Crippen molar-refractivity contribution in [2.24, 2.45) is 0 Å². The van der Waals surface area contributed by atoms with E-state index in [1.807, 2.05) is 18.3 Å². The molecule has 1 atom stereocenters. The number of nitrogens with zero attached hydrogens (tertiary/aromatic N) is 2. The zero-order valence-electron chi connectivity index (χ0n) is 12.6. The number of thiazole rings is 1. The minimum absolute atomic E-state index is 0.0475. The van der Waals surface area contributed by atoms with Crippen LogP contribution in [0.5, 0.6) is 5.75 Å². The summed E-state index contributed by atoms with van der Waals surface area (Å²) in [5.74, 6) is 1.41. The molecule has 0 aliphatic carbocycles. The first-order chi connectivity index (χ1) is 10.8. The highest BCUT2D eigenvalue weighted by Crippen LogP contribution is 2.29. The van der Waals surface area contributed by atoms with E-state index in [9.17, 15) is 0 Å². The highest BCUT2D eigenvalue weighted by molar-refractivity contribution is 7.09. The molecule has 0 bridgehead atoms. The fourth-order valence-corrected chi connectivity index (χ4v) is 3.76. The van der Waals surface area contributed by atoms with Crippen molar-refractivity contribution in [3.8, 4) is 5.75 Å². The summed E-state index contributed by atoms with van der Waals surface area (Å²) in [6.07, 6.45) is 4.37. The molecule has 1 saturated heterocycles. The molecule has 1 aliphatic rings. The van der Waals surface area contributed by atoms with E-state index in [0.717, 1.165) is 25.4 Å². The molecule has 2 heterocycles. The summed E-state index contributed by atoms with van der Waals surface area (Å²) >= 11 is 1.77. The van der Waals surface area contributed by atoms with Crippen LogP contribution in [0.25, 0.3) is 0 Å². The first kappa shape index (κ1) is 15.5. The van der Waals surface area contributed by atoms with E-state index in [1.165, 1.54) is 23.4 Å². The van der Waals surface area contributed by atoms with E-state index in [0.29, 0.717) is 12.5 Å². The predicted octanol–water partition coefficient (Wildman–Crippen LogP) is 2.89. The Bertz CT molecular complexity index is 574. The maximum Gasteiger partial charge on any atom is 0.119 e. The molecular weight excluding hydrogens is 296 g/mol. The van der Waals surface area contributed by atoms with Crippen molar-refractivity contribution in [3.63, 3.8) is 0 Å². The van der Waals surface area contributed by atoms with Crippen LogP contribution in [-0.4, -0.2) is 41.3 Å². The fourth-order valence-electron chi connectivity index (χ4n) is 2.99. The lowest BCUT2D eigenvalue weighted by atomic mass is 9.98. The Morgan fingerprint density at radius 3 is 3.18 bits per heavy atom. The Morgan fingerprint density at radius 2 is 2.36 bits per heavy atom. The van der Waals surface area contributed by atoms with Gasteiger partial charge in [-0.3, -0.25) is 4.90 Å². The lowest BCUT2D eigenvalue weighted by Gasteiger charge is -2.31. The number of ether oxygens (including phenoxy) is 1. The van der Waals surface area contributed by atoms with E-state index in [4.69, 9.17) is 9.84 Å². The molecule has 0 saturated carbocycles. The van der Waals surface area contributed by atoms with Crippen LogP contribution < -0.4 is 4.74 Å². The molecular formula is C17H22N2O2S. The molecule has 5 heteroatoms. The number of aromatic nitrogens is 1. The molecule has 1 aromatic heterocycles. The quantitative estimate of drug-likeness (QED) is 0.889. The summed E-state index contributed by atoms with van der Waals surface area (Å²) in [4.78, 5) is 6.98. The SMILES string of the molecule is OCCOc1cccc(CN2CCCC(c3nccs3)C2)c1. The molecule has 0 amide bonds. The average molecular weight is 318 g/mol. The summed E-state index contributed by atoms with van der Waals surface area (Å²) in [5, 5.41) is 12.2. The van der Waals surface area contributed by atoms with Crippen LogP contribution >= 0.6 is 11.3 Å². The third kappa shape index (κ3) is 4.06. The van der Waals surface area contributed by atoms with Crippen LogP contribution in [0, 0.1) is 0 Å². The molecule has 0 spiro atoms. The first-order valence-corrected chi connectivity index (χ1v) is 8.67. The van der Waals surface area contributed by atoms with Crippen LogP contribution in [-0.2, 0) is 6.54 Å². The molecule has 0 radical (unpaired) electrons. The smallest absolute Gasteiger partial charge is 0.119 e. The van der Waals surface area contributed by atoms with Gasteiger partial charge in [0.25, 0.3) is 0 Å². The second-order valence-corrected chi connectivity index (χ2v) is 6.59. The molecule has 22 heavy (non-hydrogen) atoms. The van der Waals surface area contributed by atoms with Crippen molar-refractivity contribution in [3.05, 3.63) is 46.4 Å². The van der Waals surface area contributed by atoms with Crippen molar-refractivity contribution in [1.29, 1.82) is 0 Å². The summed E-state index contributed by atoms with van der Waals surface area (Å²) in [6.45, 7) is 3.56. The van der Waals surface area contributed by atoms with Gasteiger partial charge in [0, 0.05) is 30.6 Å². The number of aliphatic hydroxyl groups is 1. The number of hydrogen-bond acceptors (Lipinski definition) is 5. The normalized spacial score (nSPS) is 19.2. The van der Waals surface area contributed by atoms with Crippen molar-refractivity contribution in [2.75, 3.05) is 26.3 Å². The van der Waals surface area contributed by atoms with Crippen molar-refractivity contribution in [1.82, 2.24) is 9.88 Å². The Hall–Kier alpha value is -1.43. The number of hydrogen-bond donors (Lipinski definition) is 1. The first-order valence-electron chi connectivity index (χ1n) is 7.79. The summed E-state index contributed by atoms with van der Waals surface area (Å²) in [6, 6.07) is 8.17. The topological polar surface area (TPSA) is 45.6 Å². The zero-order valence-corrected chi connectivity index (χ0v) is 13.5. The Kier molecular flexibility index (Phi) is 5.43. The van der Waals surface area contributed by atoms with E-state index in [-0.39, 0.29) is 6.61 Å². The second kappa shape index (κ2) is 7.72. The third-order valence-corrected chi connectivity index (χ3v) is 4.91. The van der Waals surface area contributed by atoms with Gasteiger partial charge in [-0.05, 0) is 37.1 Å². The van der Waals surface area contributed by atoms with Gasteiger partial charge in [-0.1, -0.05) is 12.1 Å². The van der Waals surface area contributed by atoms with Gasteiger partial charge >= 0.3 is 0 Å². The standard InChI is InChI=1S/C17H22N2O2S/c20-8-9-21-16-5-1-3-14(11-16)12-19-7-2-4-15(13-19)17-18-6-10-22-17/h1,3,5-6,10-11,15,20H,2,4,7-9,12-13H2. The molecule has 1 fully saturated rings. The monoisotopic (exact) mass is 318 g/mol. The largest absolute Gasteiger partial charge is 0.491 e. The molecule has 1 unspecified atom stereocenters. The zero-order chi connectivity index (χ0) is 15.2. The highest BCUT2D eigenvalue weighted by atomic mass is 32.1. The minimum atomic E-state index is 0.0475. The second-order valence-electron chi connectivity index (χ2n) is 5.66. The van der Waals surface area contributed by atoms with Crippen molar-refractivity contribution in [2.45, 2.75) is 25.3 Å². The molecule has 1 aliphatic heterocycles. The molecule has 4 nitrogen and oxygen atoms in total. The number of benzene rings is 1. The van der Waals surface area contributed by atoms with Gasteiger partial charge in [0.05, 0.1) is 11.6 Å². The maximum absolute atomic E-state index is 8.84. The number of piperidine rings is 1. The summed E-state index contributed by atoms with van der Waals surface area (Å²) < 4.78 is 5.49. The van der Waals surface area contributed by atoms with Crippen LogP contribution in [0.3, 0.4) is 0 Å². The van der Waals surface area contributed by atoms with Crippen LogP contribution in [0.4, 0.5) is 0 Å². The number of aliphatic hydroxyl groups excluding tert-OH is 1. The van der Waals surface area contributed by atoms with Crippen molar-refractivity contribution < 1.29 is 9.84 Å². The number of likely N-dealkylation sites (tertiary alicyclic amines) is 1. The highest BCUT2D eigenvalue weighted by Gasteiger charge is 2.23. The predicted molar refractivity (Wildman–Crippen MR) is 88.4 cm³/mol. The van der Waals surface area contributed by atoms with Crippen LogP contribution in [0.1, 0.15) is 29.3 Å². The van der Waals surface area contributed by atoms with Gasteiger partial charge in [0.1, 0.15) is 12.4 Å². The maximum atomic E-state index is 8.84. The fraction of sp³-hybridized carbons (Fsp3) is 0.471. The molecule has 2 aromatic rings. The van der Waals surface area contributed by atoms with Gasteiger partial charge in [-0.25, -0.2) is 4.98 Å². The third-order valence-electron chi connectivity index (χ3n) is 3.97. The van der Waals surface area contributed by atoms with Gasteiger partial charge in [-0.2, -0.15) is 0 Å². The molecule has 3 rings (SSSR count). The molecule has 118 valence electrons. The number of rotatable bonds is 6. The Labute approximate surface area is 135 Å². The van der Waals surface area contributed by atoms with Gasteiger partial charge in [-0.15, -0.1) is 11.3 Å². The van der Waals surface area contributed by atoms with E-state index < -0.39 is 0 Å². The van der Waals surface area contributed by atoms with Gasteiger partial charge in [0.2, 0.25) is 0 Å². The Morgan fingerprint density at radius 1 is 1.41 bits per heavy atom. The molecule has 1 aromatic carbocycles. The van der Waals surface area contributed by atoms with E-state index >= 15 is 0 Å². The van der Waals surface area contributed by atoms with Gasteiger partial charge < -0.3 is 9.84 Å². The minimum Gasteiger partial charge on any atom is -0.491 e. The van der Waals surface area contributed by atoms with Crippen molar-refractivity contribution >= 4 is 11.3 Å². The lowest BCUT2D eigenvalue weighted by molar-refractivity contribution is 0.196.